The van der Waals surface area contributed by atoms with Crippen molar-refractivity contribution in [3.63, 3.8) is 0 Å². The average molecular weight is 380 g/mol. The van der Waals surface area contributed by atoms with E-state index in [1.165, 1.54) is 0 Å². The highest BCUT2D eigenvalue weighted by molar-refractivity contribution is 6.04. The van der Waals surface area contributed by atoms with Crippen LogP contribution in [0.25, 0.3) is 0 Å². The van der Waals surface area contributed by atoms with Crippen LogP contribution < -0.4 is 10.2 Å². The van der Waals surface area contributed by atoms with Gasteiger partial charge >= 0.3 is 5.97 Å². The lowest BCUT2D eigenvalue weighted by Gasteiger charge is -2.19. The molecule has 1 saturated heterocycles. The molecule has 1 atom stereocenters. The van der Waals surface area contributed by atoms with E-state index in [1.54, 1.807) is 36.1 Å². The SMILES string of the molecule is CCOC(=O)c1ccc(NC(=O)[C@H]2CC(=O)N(c3cc(C)ccc3C)C2)cc1. The monoisotopic (exact) mass is 380 g/mol. The van der Waals surface area contributed by atoms with Gasteiger partial charge in [0.1, 0.15) is 0 Å². The first-order valence-electron chi connectivity index (χ1n) is 9.34. The lowest BCUT2D eigenvalue weighted by molar-refractivity contribution is -0.122. The van der Waals surface area contributed by atoms with Gasteiger partial charge in [0, 0.05) is 24.3 Å². The van der Waals surface area contributed by atoms with Gasteiger partial charge in [-0.3, -0.25) is 9.59 Å². The topological polar surface area (TPSA) is 75.7 Å². The molecule has 1 N–H and O–H groups in total. The molecule has 0 radical (unpaired) electrons. The number of esters is 1. The van der Waals surface area contributed by atoms with E-state index in [9.17, 15) is 14.4 Å². The maximum Gasteiger partial charge on any atom is 0.338 e. The number of benzene rings is 2. The summed E-state index contributed by atoms with van der Waals surface area (Å²) >= 11 is 0. The number of carbonyl (C=O) groups is 3. The van der Waals surface area contributed by atoms with Crippen molar-refractivity contribution in [1.29, 1.82) is 0 Å². The summed E-state index contributed by atoms with van der Waals surface area (Å²) < 4.78 is 4.94. The van der Waals surface area contributed by atoms with Crippen LogP contribution in [0, 0.1) is 19.8 Å². The number of nitrogens with one attached hydrogen (secondary N) is 1. The predicted molar refractivity (Wildman–Crippen MR) is 107 cm³/mol. The minimum absolute atomic E-state index is 0.0495. The third kappa shape index (κ3) is 4.22. The van der Waals surface area contributed by atoms with Crippen LogP contribution in [-0.2, 0) is 14.3 Å². The molecule has 1 fully saturated rings. The van der Waals surface area contributed by atoms with Gasteiger partial charge in [-0.05, 0) is 62.2 Å². The van der Waals surface area contributed by atoms with Gasteiger partial charge < -0.3 is 15.0 Å². The van der Waals surface area contributed by atoms with Crippen molar-refractivity contribution in [3.05, 3.63) is 59.2 Å². The summed E-state index contributed by atoms with van der Waals surface area (Å²) in [4.78, 5) is 38.5. The van der Waals surface area contributed by atoms with Crippen LogP contribution in [0.5, 0.6) is 0 Å². The molecule has 0 bridgehead atoms. The molecule has 0 spiro atoms. The molecule has 0 saturated carbocycles. The third-order valence-corrected chi connectivity index (χ3v) is 4.81. The zero-order valence-corrected chi connectivity index (χ0v) is 16.3. The Morgan fingerprint density at radius 1 is 1.14 bits per heavy atom. The van der Waals surface area contributed by atoms with Crippen LogP contribution in [-0.4, -0.2) is 30.9 Å². The number of carbonyl (C=O) groups excluding carboxylic acids is 3. The highest BCUT2D eigenvalue weighted by atomic mass is 16.5. The number of aryl methyl sites for hydroxylation is 2. The highest BCUT2D eigenvalue weighted by Gasteiger charge is 2.35. The van der Waals surface area contributed by atoms with Gasteiger partial charge in [0.2, 0.25) is 11.8 Å². The Kier molecular flexibility index (Phi) is 5.78. The van der Waals surface area contributed by atoms with Gasteiger partial charge in [-0.15, -0.1) is 0 Å². The van der Waals surface area contributed by atoms with Gasteiger partial charge in [-0.2, -0.15) is 0 Å². The summed E-state index contributed by atoms with van der Waals surface area (Å²) in [6.45, 7) is 6.35. The summed E-state index contributed by atoms with van der Waals surface area (Å²) in [5.74, 6) is -1.07. The normalized spacial score (nSPS) is 16.2. The Morgan fingerprint density at radius 3 is 2.54 bits per heavy atom. The van der Waals surface area contributed by atoms with Crippen LogP contribution in [0.4, 0.5) is 11.4 Å². The zero-order chi connectivity index (χ0) is 20.3. The summed E-state index contributed by atoms with van der Waals surface area (Å²) in [5.41, 5.74) is 3.95. The lowest BCUT2D eigenvalue weighted by Crippen LogP contribution is -2.28. The first-order chi connectivity index (χ1) is 13.4. The minimum Gasteiger partial charge on any atom is -0.462 e. The van der Waals surface area contributed by atoms with E-state index in [-0.39, 0.29) is 18.2 Å². The third-order valence-electron chi connectivity index (χ3n) is 4.81. The molecule has 6 nitrogen and oxygen atoms in total. The molecule has 28 heavy (non-hydrogen) atoms. The molecule has 0 aromatic heterocycles. The number of rotatable bonds is 5. The van der Waals surface area contributed by atoms with Crippen molar-refractivity contribution < 1.29 is 19.1 Å². The van der Waals surface area contributed by atoms with E-state index in [0.29, 0.717) is 24.4 Å². The molecule has 2 aromatic carbocycles. The molecule has 1 heterocycles. The van der Waals surface area contributed by atoms with Crippen molar-refractivity contribution >= 4 is 29.2 Å². The number of amides is 2. The number of hydrogen-bond acceptors (Lipinski definition) is 4. The number of hydrogen-bond donors (Lipinski definition) is 1. The lowest BCUT2D eigenvalue weighted by atomic mass is 10.1. The fraction of sp³-hybridized carbons (Fsp3) is 0.318. The van der Waals surface area contributed by atoms with E-state index in [1.807, 2.05) is 32.0 Å². The standard InChI is InChI=1S/C22H24N2O4/c1-4-28-22(27)16-7-9-18(10-8-16)23-21(26)17-12-20(25)24(13-17)19-11-14(2)5-6-15(19)3/h5-11,17H,4,12-13H2,1-3H3,(H,23,26)/t17-/m0/s1. The fourth-order valence-corrected chi connectivity index (χ4v) is 3.27. The smallest absolute Gasteiger partial charge is 0.338 e. The predicted octanol–water partition coefficient (Wildman–Crippen LogP) is 3.47. The molecule has 1 aliphatic rings. The van der Waals surface area contributed by atoms with Crippen LogP contribution in [0.2, 0.25) is 0 Å². The van der Waals surface area contributed by atoms with Gasteiger partial charge in [0.25, 0.3) is 0 Å². The van der Waals surface area contributed by atoms with E-state index in [0.717, 1.165) is 16.8 Å². The second kappa shape index (κ2) is 8.25. The molecule has 146 valence electrons. The molecule has 0 unspecified atom stereocenters. The summed E-state index contributed by atoms with van der Waals surface area (Å²) in [5, 5.41) is 2.83. The Labute approximate surface area is 164 Å². The molecule has 3 rings (SSSR count). The Bertz CT molecular complexity index is 905. The van der Waals surface area contributed by atoms with E-state index in [4.69, 9.17) is 4.74 Å². The van der Waals surface area contributed by atoms with E-state index in [2.05, 4.69) is 5.32 Å². The van der Waals surface area contributed by atoms with Gasteiger partial charge in [-0.1, -0.05) is 12.1 Å². The molecule has 1 aliphatic heterocycles. The summed E-state index contributed by atoms with van der Waals surface area (Å²) in [6, 6.07) is 12.5. The molecule has 2 amide bonds. The van der Waals surface area contributed by atoms with Crippen LogP contribution >= 0.6 is 0 Å². The molecule has 6 heteroatoms. The second-order valence-corrected chi connectivity index (χ2v) is 6.98. The second-order valence-electron chi connectivity index (χ2n) is 6.98. The quantitative estimate of drug-likeness (QED) is 0.806. The fourth-order valence-electron chi connectivity index (χ4n) is 3.27. The minimum atomic E-state index is -0.419. The molecular weight excluding hydrogens is 356 g/mol. The van der Waals surface area contributed by atoms with Gasteiger partial charge in [0.05, 0.1) is 18.1 Å². The van der Waals surface area contributed by atoms with E-state index < -0.39 is 11.9 Å². The zero-order valence-electron chi connectivity index (χ0n) is 16.3. The molecule has 2 aromatic rings. The van der Waals surface area contributed by atoms with Crippen molar-refractivity contribution in [2.45, 2.75) is 27.2 Å². The molecular formula is C22H24N2O4. The van der Waals surface area contributed by atoms with Crippen molar-refractivity contribution in [2.75, 3.05) is 23.4 Å². The first kappa shape index (κ1) is 19.6. The van der Waals surface area contributed by atoms with Gasteiger partial charge in [0.15, 0.2) is 0 Å². The number of ether oxygens (including phenoxy) is 1. The highest BCUT2D eigenvalue weighted by Crippen LogP contribution is 2.29. The van der Waals surface area contributed by atoms with Crippen LogP contribution in [0.15, 0.2) is 42.5 Å². The van der Waals surface area contributed by atoms with Crippen molar-refractivity contribution in [1.82, 2.24) is 0 Å². The maximum absolute atomic E-state index is 12.6. The maximum atomic E-state index is 12.6. The Morgan fingerprint density at radius 2 is 1.86 bits per heavy atom. The van der Waals surface area contributed by atoms with Crippen molar-refractivity contribution in [3.8, 4) is 0 Å². The summed E-state index contributed by atoms with van der Waals surface area (Å²) in [7, 11) is 0. The Balaban J connectivity index is 1.66. The van der Waals surface area contributed by atoms with Crippen LogP contribution in [0.1, 0.15) is 34.8 Å². The molecule has 0 aliphatic carbocycles. The van der Waals surface area contributed by atoms with E-state index >= 15 is 0 Å². The largest absolute Gasteiger partial charge is 0.462 e. The average Bonchev–Trinajstić information content (AvgIpc) is 3.06. The first-order valence-corrected chi connectivity index (χ1v) is 9.34. The van der Waals surface area contributed by atoms with Crippen LogP contribution in [0.3, 0.4) is 0 Å². The number of anilines is 2. The number of nitrogens with zero attached hydrogens (tertiary/aromatic N) is 1. The van der Waals surface area contributed by atoms with Crippen molar-refractivity contribution in [2.24, 2.45) is 5.92 Å². The Hall–Kier alpha value is -3.15. The van der Waals surface area contributed by atoms with Gasteiger partial charge in [-0.25, -0.2) is 4.79 Å². The summed E-state index contributed by atoms with van der Waals surface area (Å²) in [6.07, 6.45) is 0.181.